The van der Waals surface area contributed by atoms with Crippen molar-refractivity contribution < 1.29 is 0 Å². The highest BCUT2D eigenvalue weighted by atomic mass is 79.9. The van der Waals surface area contributed by atoms with E-state index in [1.807, 2.05) is 31.3 Å². The highest BCUT2D eigenvalue weighted by molar-refractivity contribution is 9.10. The van der Waals surface area contributed by atoms with E-state index in [1.54, 1.807) is 11.3 Å². The maximum Gasteiger partial charge on any atom is 0.128 e. The Bertz CT molecular complexity index is 507. The van der Waals surface area contributed by atoms with E-state index in [-0.39, 0.29) is 6.04 Å². The number of thiophene rings is 1. The Balaban J connectivity index is 2.08. The fourth-order valence-corrected chi connectivity index (χ4v) is 3.39. The highest BCUT2D eigenvalue weighted by Crippen LogP contribution is 2.30. The third-order valence-corrected chi connectivity index (χ3v) is 4.68. The van der Waals surface area contributed by atoms with Gasteiger partial charge in [0.1, 0.15) is 5.82 Å². The first kappa shape index (κ1) is 13.4. The van der Waals surface area contributed by atoms with E-state index < -0.39 is 0 Å². The molecule has 18 heavy (non-hydrogen) atoms. The van der Waals surface area contributed by atoms with Gasteiger partial charge in [0.25, 0.3) is 0 Å². The van der Waals surface area contributed by atoms with Gasteiger partial charge in [-0.15, -0.1) is 11.3 Å². The molecule has 1 atom stereocenters. The van der Waals surface area contributed by atoms with Gasteiger partial charge in [-0.05, 0) is 46.4 Å². The van der Waals surface area contributed by atoms with Crippen molar-refractivity contribution in [2.75, 3.05) is 24.3 Å². The first-order valence-corrected chi connectivity index (χ1v) is 7.38. The Hall–Kier alpha value is -1.07. The third kappa shape index (κ3) is 3.03. The summed E-state index contributed by atoms with van der Waals surface area (Å²) in [6.45, 7) is 2.15. The topological polar surface area (TPSA) is 28.2 Å². The molecule has 0 fully saturated rings. The molecule has 0 aromatic carbocycles. The van der Waals surface area contributed by atoms with Crippen LogP contribution >= 0.6 is 27.3 Å². The van der Waals surface area contributed by atoms with Gasteiger partial charge in [-0.2, -0.15) is 0 Å². The summed E-state index contributed by atoms with van der Waals surface area (Å²) in [5.41, 5.74) is 1.04. The molecule has 0 amide bonds. The average molecular weight is 326 g/mol. The van der Waals surface area contributed by atoms with E-state index >= 15 is 0 Å². The molecule has 0 saturated carbocycles. The largest absolute Gasteiger partial charge is 0.376 e. The summed E-state index contributed by atoms with van der Waals surface area (Å²) in [5, 5.41) is 5.54. The van der Waals surface area contributed by atoms with Crippen molar-refractivity contribution in [3.8, 4) is 0 Å². The maximum atomic E-state index is 4.39. The van der Waals surface area contributed by atoms with Crippen LogP contribution in [0.25, 0.3) is 0 Å². The predicted molar refractivity (Wildman–Crippen MR) is 82.6 cm³/mol. The maximum absolute atomic E-state index is 4.39. The fraction of sp³-hybridized carbons (Fsp3) is 0.308. The van der Waals surface area contributed by atoms with Gasteiger partial charge in [0.2, 0.25) is 0 Å². The Morgan fingerprint density at radius 2 is 2.11 bits per heavy atom. The van der Waals surface area contributed by atoms with Crippen molar-refractivity contribution in [3.05, 3.63) is 39.1 Å². The second-order valence-electron chi connectivity index (χ2n) is 4.30. The second kappa shape index (κ2) is 5.71. The molecule has 0 radical (unpaired) electrons. The van der Waals surface area contributed by atoms with E-state index in [0.29, 0.717) is 0 Å². The standard InChI is InChI=1S/C13H16BrN3S/c1-9(13-11(14)6-7-18-13)16-10-4-5-12(15-8-10)17(2)3/h4-9,16H,1-3H3. The van der Waals surface area contributed by atoms with Crippen LogP contribution in [0.3, 0.4) is 0 Å². The molecule has 2 heterocycles. The first-order valence-electron chi connectivity index (χ1n) is 5.70. The van der Waals surface area contributed by atoms with Crippen molar-refractivity contribution in [3.63, 3.8) is 0 Å². The van der Waals surface area contributed by atoms with E-state index in [1.165, 1.54) is 4.88 Å². The van der Waals surface area contributed by atoms with E-state index in [4.69, 9.17) is 0 Å². The third-order valence-electron chi connectivity index (χ3n) is 2.63. The van der Waals surface area contributed by atoms with Gasteiger partial charge in [-0.1, -0.05) is 0 Å². The summed E-state index contributed by atoms with van der Waals surface area (Å²) in [7, 11) is 3.97. The van der Waals surface area contributed by atoms with Gasteiger partial charge in [0.05, 0.1) is 17.9 Å². The lowest BCUT2D eigenvalue weighted by Crippen LogP contribution is -2.11. The van der Waals surface area contributed by atoms with Gasteiger partial charge in [-0.25, -0.2) is 4.98 Å². The molecular formula is C13H16BrN3S. The van der Waals surface area contributed by atoms with Crippen LogP contribution in [0, 0.1) is 0 Å². The summed E-state index contributed by atoms with van der Waals surface area (Å²) < 4.78 is 1.16. The molecule has 2 aromatic rings. The number of hydrogen-bond acceptors (Lipinski definition) is 4. The fourth-order valence-electron chi connectivity index (χ4n) is 1.67. The van der Waals surface area contributed by atoms with Crippen LogP contribution in [0.1, 0.15) is 17.8 Å². The number of aromatic nitrogens is 1. The quantitative estimate of drug-likeness (QED) is 0.915. The molecule has 96 valence electrons. The Labute approximate surface area is 120 Å². The number of nitrogens with one attached hydrogen (secondary N) is 1. The molecule has 3 nitrogen and oxygen atoms in total. The van der Waals surface area contributed by atoms with Gasteiger partial charge in [-0.3, -0.25) is 0 Å². The summed E-state index contributed by atoms with van der Waals surface area (Å²) in [5.74, 6) is 0.963. The molecule has 0 spiro atoms. The lowest BCUT2D eigenvalue weighted by Gasteiger charge is -2.16. The van der Waals surface area contributed by atoms with Gasteiger partial charge >= 0.3 is 0 Å². The van der Waals surface area contributed by atoms with Crippen molar-refractivity contribution in [1.82, 2.24) is 4.98 Å². The van der Waals surface area contributed by atoms with E-state index in [2.05, 4.69) is 50.7 Å². The number of anilines is 2. The lowest BCUT2D eigenvalue weighted by molar-refractivity contribution is 0.900. The Morgan fingerprint density at radius 3 is 2.61 bits per heavy atom. The molecule has 2 aromatic heterocycles. The molecule has 1 unspecified atom stereocenters. The van der Waals surface area contributed by atoms with Gasteiger partial charge in [0, 0.05) is 23.4 Å². The predicted octanol–water partition coefficient (Wildman–Crippen LogP) is 4.14. The van der Waals surface area contributed by atoms with Crippen LogP contribution < -0.4 is 10.2 Å². The zero-order chi connectivity index (χ0) is 13.1. The smallest absolute Gasteiger partial charge is 0.128 e. The SMILES string of the molecule is CC(Nc1ccc(N(C)C)nc1)c1sccc1Br. The zero-order valence-electron chi connectivity index (χ0n) is 10.6. The Morgan fingerprint density at radius 1 is 1.33 bits per heavy atom. The van der Waals surface area contributed by atoms with Crippen molar-refractivity contribution >= 4 is 38.8 Å². The zero-order valence-corrected chi connectivity index (χ0v) is 13.0. The van der Waals surface area contributed by atoms with Crippen molar-refractivity contribution in [1.29, 1.82) is 0 Å². The highest BCUT2D eigenvalue weighted by Gasteiger charge is 2.10. The van der Waals surface area contributed by atoms with E-state index in [9.17, 15) is 0 Å². The number of halogens is 1. The lowest BCUT2D eigenvalue weighted by atomic mass is 10.2. The number of nitrogens with zero attached hydrogens (tertiary/aromatic N) is 2. The summed E-state index contributed by atoms with van der Waals surface area (Å²) >= 11 is 5.31. The van der Waals surface area contributed by atoms with Crippen molar-refractivity contribution in [2.45, 2.75) is 13.0 Å². The molecule has 0 aliphatic heterocycles. The average Bonchev–Trinajstić information content (AvgIpc) is 2.76. The normalized spacial score (nSPS) is 12.2. The van der Waals surface area contributed by atoms with Crippen LogP contribution in [0.2, 0.25) is 0 Å². The number of hydrogen-bond donors (Lipinski definition) is 1. The molecular weight excluding hydrogens is 310 g/mol. The van der Waals surface area contributed by atoms with Crippen LogP contribution in [0.5, 0.6) is 0 Å². The minimum Gasteiger partial charge on any atom is -0.376 e. The molecule has 2 rings (SSSR count). The van der Waals surface area contributed by atoms with Crippen LogP contribution in [0.4, 0.5) is 11.5 Å². The molecule has 0 saturated heterocycles. The van der Waals surface area contributed by atoms with Gasteiger partial charge in [0.15, 0.2) is 0 Å². The van der Waals surface area contributed by atoms with E-state index in [0.717, 1.165) is 16.0 Å². The Kier molecular flexibility index (Phi) is 4.24. The van der Waals surface area contributed by atoms with Gasteiger partial charge < -0.3 is 10.2 Å². The van der Waals surface area contributed by atoms with Crippen LogP contribution in [0.15, 0.2) is 34.2 Å². The minimum atomic E-state index is 0.270. The first-order chi connectivity index (χ1) is 8.58. The molecule has 0 bridgehead atoms. The van der Waals surface area contributed by atoms with Crippen LogP contribution in [-0.4, -0.2) is 19.1 Å². The second-order valence-corrected chi connectivity index (χ2v) is 6.10. The molecule has 0 aliphatic rings. The summed E-state index contributed by atoms with van der Waals surface area (Å²) in [6, 6.07) is 6.41. The summed E-state index contributed by atoms with van der Waals surface area (Å²) in [4.78, 5) is 7.68. The monoisotopic (exact) mass is 325 g/mol. The molecule has 5 heteroatoms. The molecule has 1 N–H and O–H groups in total. The van der Waals surface area contributed by atoms with Crippen LogP contribution in [-0.2, 0) is 0 Å². The number of pyridine rings is 1. The minimum absolute atomic E-state index is 0.270. The van der Waals surface area contributed by atoms with Crippen molar-refractivity contribution in [2.24, 2.45) is 0 Å². The summed E-state index contributed by atoms with van der Waals surface area (Å²) in [6.07, 6.45) is 1.87. The number of rotatable bonds is 4. The molecule has 0 aliphatic carbocycles.